The number of amides is 2. The fourth-order valence-electron chi connectivity index (χ4n) is 3.22. The number of nitrogens with zero attached hydrogens (tertiary/aromatic N) is 3. The monoisotopic (exact) mass is 299 g/mol. The number of fused-ring (bicyclic) bond motifs is 1. The highest BCUT2D eigenvalue weighted by molar-refractivity contribution is 6.05. The van der Waals surface area contributed by atoms with E-state index < -0.39 is 0 Å². The second-order valence-corrected chi connectivity index (χ2v) is 5.90. The van der Waals surface area contributed by atoms with Gasteiger partial charge in [0.25, 0.3) is 0 Å². The normalized spacial score (nSPS) is 24.2. The van der Waals surface area contributed by atoms with Crippen LogP contribution in [-0.2, 0) is 16.1 Å². The Morgan fingerprint density at radius 2 is 1.73 bits per heavy atom. The maximum Gasteiger partial charge on any atom is 0.234 e. The zero-order valence-corrected chi connectivity index (χ0v) is 12.8. The molecule has 1 aliphatic heterocycles. The number of carbonyl (C=O) groups excluding carboxylic acids is 2. The molecule has 1 aromatic rings. The molecule has 0 bridgehead atoms. The number of imide groups is 1. The summed E-state index contributed by atoms with van der Waals surface area (Å²) in [5.74, 6) is -0.297. The van der Waals surface area contributed by atoms with Gasteiger partial charge in [-0.15, -0.1) is 0 Å². The SMILES string of the molecule is CCN(Cc1ccncc1)CN1C(=O)[C@H]2CC=CC[C@@H]2C1=O. The summed E-state index contributed by atoms with van der Waals surface area (Å²) in [6.07, 6.45) is 8.95. The number of aromatic nitrogens is 1. The summed E-state index contributed by atoms with van der Waals surface area (Å²) in [5.41, 5.74) is 1.13. The van der Waals surface area contributed by atoms with E-state index in [-0.39, 0.29) is 23.7 Å². The molecule has 0 spiro atoms. The number of allylic oxidation sites excluding steroid dienone is 2. The van der Waals surface area contributed by atoms with Crippen LogP contribution in [0.3, 0.4) is 0 Å². The molecule has 2 atom stereocenters. The Hall–Kier alpha value is -2.01. The van der Waals surface area contributed by atoms with Crippen LogP contribution in [0.2, 0.25) is 0 Å². The molecule has 2 amide bonds. The van der Waals surface area contributed by atoms with Crippen molar-refractivity contribution in [2.45, 2.75) is 26.3 Å². The highest BCUT2D eigenvalue weighted by atomic mass is 16.2. The molecule has 0 N–H and O–H groups in total. The van der Waals surface area contributed by atoms with Crippen LogP contribution in [0.25, 0.3) is 0 Å². The quantitative estimate of drug-likeness (QED) is 0.614. The molecule has 22 heavy (non-hydrogen) atoms. The largest absolute Gasteiger partial charge is 0.282 e. The predicted octanol–water partition coefficient (Wildman–Crippen LogP) is 1.81. The lowest BCUT2D eigenvalue weighted by molar-refractivity contribution is -0.142. The van der Waals surface area contributed by atoms with Crippen molar-refractivity contribution in [1.82, 2.24) is 14.8 Å². The maximum atomic E-state index is 12.5. The Balaban J connectivity index is 1.68. The minimum absolute atomic E-state index is 0.00692. The van der Waals surface area contributed by atoms with E-state index >= 15 is 0 Å². The van der Waals surface area contributed by atoms with E-state index in [0.29, 0.717) is 26.1 Å². The van der Waals surface area contributed by atoms with Crippen LogP contribution in [0.5, 0.6) is 0 Å². The van der Waals surface area contributed by atoms with Crippen molar-refractivity contribution in [2.24, 2.45) is 11.8 Å². The molecule has 5 nitrogen and oxygen atoms in total. The van der Waals surface area contributed by atoms with Gasteiger partial charge in [0.2, 0.25) is 11.8 Å². The van der Waals surface area contributed by atoms with E-state index in [0.717, 1.165) is 12.1 Å². The molecule has 0 saturated carbocycles. The lowest BCUT2D eigenvalue weighted by atomic mass is 9.85. The number of hydrogen-bond donors (Lipinski definition) is 0. The van der Waals surface area contributed by atoms with Gasteiger partial charge in [0.15, 0.2) is 0 Å². The average molecular weight is 299 g/mol. The van der Waals surface area contributed by atoms with Crippen LogP contribution >= 0.6 is 0 Å². The molecule has 1 aromatic heterocycles. The topological polar surface area (TPSA) is 53.5 Å². The van der Waals surface area contributed by atoms with E-state index in [9.17, 15) is 9.59 Å². The number of pyridine rings is 1. The zero-order chi connectivity index (χ0) is 15.5. The van der Waals surface area contributed by atoms with Crippen LogP contribution in [0.1, 0.15) is 25.3 Å². The summed E-state index contributed by atoms with van der Waals surface area (Å²) >= 11 is 0. The van der Waals surface area contributed by atoms with Gasteiger partial charge in [-0.2, -0.15) is 0 Å². The zero-order valence-electron chi connectivity index (χ0n) is 12.8. The Kier molecular flexibility index (Phi) is 4.34. The molecule has 0 unspecified atom stereocenters. The second-order valence-electron chi connectivity index (χ2n) is 5.90. The molecular weight excluding hydrogens is 278 g/mol. The van der Waals surface area contributed by atoms with Crippen molar-refractivity contribution in [3.63, 3.8) is 0 Å². The minimum Gasteiger partial charge on any atom is -0.282 e. The van der Waals surface area contributed by atoms with Gasteiger partial charge in [-0.3, -0.25) is 24.4 Å². The Labute approximate surface area is 130 Å². The van der Waals surface area contributed by atoms with E-state index in [1.54, 1.807) is 12.4 Å². The standard InChI is InChI=1S/C17H21N3O2/c1-2-19(11-13-7-9-18-10-8-13)12-20-16(21)14-5-3-4-6-15(14)17(20)22/h3-4,7-10,14-15H,2,5-6,11-12H2,1H3/t14-,15-/m0/s1. The van der Waals surface area contributed by atoms with Gasteiger partial charge >= 0.3 is 0 Å². The first-order valence-corrected chi connectivity index (χ1v) is 7.82. The summed E-state index contributed by atoms with van der Waals surface area (Å²) in [4.78, 5) is 32.5. The average Bonchev–Trinajstić information content (AvgIpc) is 2.80. The molecule has 1 aliphatic carbocycles. The number of hydrogen-bond acceptors (Lipinski definition) is 4. The van der Waals surface area contributed by atoms with Crippen molar-refractivity contribution in [3.8, 4) is 0 Å². The summed E-state index contributed by atoms with van der Waals surface area (Å²) in [6.45, 7) is 3.92. The van der Waals surface area contributed by atoms with Crippen LogP contribution in [0.4, 0.5) is 0 Å². The van der Waals surface area contributed by atoms with Gasteiger partial charge in [-0.05, 0) is 37.1 Å². The highest BCUT2D eigenvalue weighted by Crippen LogP contribution is 2.35. The smallest absolute Gasteiger partial charge is 0.234 e. The third-order valence-electron chi connectivity index (χ3n) is 4.54. The van der Waals surface area contributed by atoms with Crippen molar-refractivity contribution >= 4 is 11.8 Å². The molecule has 2 aliphatic rings. The molecule has 1 saturated heterocycles. The summed E-state index contributed by atoms with van der Waals surface area (Å²) < 4.78 is 0. The van der Waals surface area contributed by atoms with Crippen LogP contribution < -0.4 is 0 Å². The fraction of sp³-hybridized carbons (Fsp3) is 0.471. The van der Waals surface area contributed by atoms with Crippen LogP contribution in [-0.4, -0.2) is 39.8 Å². The highest BCUT2D eigenvalue weighted by Gasteiger charge is 2.47. The number of carbonyl (C=O) groups is 2. The van der Waals surface area contributed by atoms with Crippen LogP contribution in [0.15, 0.2) is 36.7 Å². The summed E-state index contributed by atoms with van der Waals surface area (Å²) in [7, 11) is 0. The van der Waals surface area contributed by atoms with Gasteiger partial charge in [-0.25, -0.2) is 0 Å². The van der Waals surface area contributed by atoms with Crippen molar-refractivity contribution in [2.75, 3.05) is 13.2 Å². The molecule has 0 radical (unpaired) electrons. The van der Waals surface area contributed by atoms with Gasteiger partial charge in [0.05, 0.1) is 18.5 Å². The Bertz CT molecular complexity index is 559. The summed E-state index contributed by atoms with van der Waals surface area (Å²) in [5, 5.41) is 0. The molecule has 5 heteroatoms. The molecule has 2 heterocycles. The Morgan fingerprint density at radius 1 is 1.14 bits per heavy atom. The first-order valence-electron chi connectivity index (χ1n) is 7.82. The van der Waals surface area contributed by atoms with E-state index in [1.165, 1.54) is 4.90 Å². The third kappa shape index (κ3) is 2.81. The first kappa shape index (κ1) is 14.9. The lowest BCUT2D eigenvalue weighted by Crippen LogP contribution is -2.41. The Morgan fingerprint density at radius 3 is 2.27 bits per heavy atom. The second kappa shape index (κ2) is 6.40. The van der Waals surface area contributed by atoms with Gasteiger partial charge in [-0.1, -0.05) is 19.1 Å². The fourth-order valence-corrected chi connectivity index (χ4v) is 3.22. The summed E-state index contributed by atoms with van der Waals surface area (Å²) in [6, 6.07) is 3.92. The predicted molar refractivity (Wildman–Crippen MR) is 82.4 cm³/mol. The number of rotatable bonds is 5. The van der Waals surface area contributed by atoms with E-state index in [4.69, 9.17) is 0 Å². The van der Waals surface area contributed by atoms with Crippen LogP contribution in [0, 0.1) is 11.8 Å². The molecule has 0 aromatic carbocycles. The van der Waals surface area contributed by atoms with E-state index in [2.05, 4.69) is 9.88 Å². The minimum atomic E-state index is -0.142. The van der Waals surface area contributed by atoms with Gasteiger partial charge in [0, 0.05) is 18.9 Å². The third-order valence-corrected chi connectivity index (χ3v) is 4.54. The van der Waals surface area contributed by atoms with Gasteiger partial charge < -0.3 is 0 Å². The maximum absolute atomic E-state index is 12.5. The first-order chi connectivity index (χ1) is 10.7. The van der Waals surface area contributed by atoms with Crippen molar-refractivity contribution in [1.29, 1.82) is 0 Å². The molecule has 116 valence electrons. The van der Waals surface area contributed by atoms with Crippen molar-refractivity contribution in [3.05, 3.63) is 42.2 Å². The molecular formula is C17H21N3O2. The van der Waals surface area contributed by atoms with E-state index in [1.807, 2.05) is 31.2 Å². The lowest BCUT2D eigenvalue weighted by Gasteiger charge is -2.25. The molecule has 3 rings (SSSR count). The van der Waals surface area contributed by atoms with Gasteiger partial charge in [0.1, 0.15) is 0 Å². The molecule has 1 fully saturated rings. The van der Waals surface area contributed by atoms with Crippen molar-refractivity contribution < 1.29 is 9.59 Å². The number of likely N-dealkylation sites (tertiary alicyclic amines) is 1.